The number of carbonyl (C=O) groups is 1. The Balaban J connectivity index is 2.15. The van der Waals surface area contributed by atoms with Gasteiger partial charge in [0.05, 0.1) is 0 Å². The van der Waals surface area contributed by atoms with Crippen molar-refractivity contribution in [2.75, 3.05) is 5.32 Å². The van der Waals surface area contributed by atoms with E-state index in [2.05, 4.69) is 10.3 Å². The van der Waals surface area contributed by atoms with Gasteiger partial charge in [-0.05, 0) is 31.7 Å². The lowest BCUT2D eigenvalue weighted by molar-refractivity contribution is 0.0692. The normalized spacial score (nSPS) is 17.3. The first-order valence-corrected chi connectivity index (χ1v) is 5.74. The van der Waals surface area contributed by atoms with Crippen LogP contribution in [-0.2, 0) is 0 Å². The highest BCUT2D eigenvalue weighted by Crippen LogP contribution is 2.31. The molecule has 0 aromatic carbocycles. The predicted octanol–water partition coefficient (Wildman–Crippen LogP) is 2.52. The average Bonchev–Trinajstić information content (AvgIpc) is 2.18. The monoisotopic (exact) mass is 238 g/mol. The Hall–Kier alpha value is -1.65. The second kappa shape index (κ2) is 4.69. The molecule has 0 radical (unpaired) electrons. The lowest BCUT2D eigenvalue weighted by atomic mass is 9.80. The molecular weight excluding hydrogens is 223 g/mol. The van der Waals surface area contributed by atoms with E-state index in [0.29, 0.717) is 5.92 Å². The number of carboxylic acids is 1. The van der Waals surface area contributed by atoms with Crippen molar-refractivity contribution in [3.05, 3.63) is 23.6 Å². The molecule has 1 saturated carbocycles. The Morgan fingerprint density at radius 2 is 2.35 bits per heavy atom. The first-order valence-electron chi connectivity index (χ1n) is 5.74. The number of carboxylic acid groups (broad SMARTS) is 1. The number of rotatable bonds is 4. The van der Waals surface area contributed by atoms with E-state index in [1.54, 1.807) is 0 Å². The van der Waals surface area contributed by atoms with Gasteiger partial charge in [0.15, 0.2) is 11.6 Å². The van der Waals surface area contributed by atoms with Gasteiger partial charge in [-0.2, -0.15) is 0 Å². The molecular formula is C12H15FN2O2. The molecule has 92 valence electrons. The van der Waals surface area contributed by atoms with Crippen LogP contribution in [0.3, 0.4) is 0 Å². The summed E-state index contributed by atoms with van der Waals surface area (Å²) in [5, 5.41) is 11.8. The summed E-state index contributed by atoms with van der Waals surface area (Å²) in [5.74, 6) is -1.50. The SMILES string of the molecule is CC(Nc1nccc(C(=O)O)c1F)C1CCC1. The van der Waals surface area contributed by atoms with Crippen molar-refractivity contribution < 1.29 is 14.3 Å². The Kier molecular flexibility index (Phi) is 3.26. The maximum absolute atomic E-state index is 13.8. The Morgan fingerprint density at radius 1 is 1.65 bits per heavy atom. The van der Waals surface area contributed by atoms with E-state index < -0.39 is 11.8 Å². The lowest BCUT2D eigenvalue weighted by Gasteiger charge is -2.32. The second-order valence-electron chi connectivity index (χ2n) is 4.45. The first kappa shape index (κ1) is 11.8. The van der Waals surface area contributed by atoms with E-state index in [9.17, 15) is 9.18 Å². The van der Waals surface area contributed by atoms with Gasteiger partial charge in [0, 0.05) is 12.2 Å². The van der Waals surface area contributed by atoms with E-state index in [1.165, 1.54) is 12.6 Å². The number of nitrogens with one attached hydrogen (secondary N) is 1. The van der Waals surface area contributed by atoms with Gasteiger partial charge >= 0.3 is 5.97 Å². The molecule has 5 heteroatoms. The van der Waals surface area contributed by atoms with Crippen molar-refractivity contribution in [1.29, 1.82) is 0 Å². The molecule has 4 nitrogen and oxygen atoms in total. The molecule has 0 saturated heterocycles. The van der Waals surface area contributed by atoms with Crippen LogP contribution in [-0.4, -0.2) is 22.1 Å². The minimum atomic E-state index is -1.27. The standard InChI is InChI=1S/C12H15FN2O2/c1-7(8-3-2-4-8)15-11-10(13)9(12(16)17)5-6-14-11/h5-8H,2-4H2,1H3,(H,14,15)(H,16,17). The molecule has 1 aromatic rings. The van der Waals surface area contributed by atoms with Crippen molar-refractivity contribution in [3.63, 3.8) is 0 Å². The van der Waals surface area contributed by atoms with Gasteiger partial charge in [0.25, 0.3) is 0 Å². The molecule has 1 fully saturated rings. The van der Waals surface area contributed by atoms with E-state index in [-0.39, 0.29) is 17.4 Å². The van der Waals surface area contributed by atoms with Crippen LogP contribution in [0.5, 0.6) is 0 Å². The smallest absolute Gasteiger partial charge is 0.338 e. The fourth-order valence-electron chi connectivity index (χ4n) is 1.98. The zero-order chi connectivity index (χ0) is 12.4. The summed E-state index contributed by atoms with van der Waals surface area (Å²) in [5.41, 5.74) is -0.344. The number of aromatic nitrogens is 1. The number of hydrogen-bond acceptors (Lipinski definition) is 3. The first-order chi connectivity index (χ1) is 8.09. The summed E-state index contributed by atoms with van der Waals surface area (Å²) in [4.78, 5) is 14.6. The van der Waals surface area contributed by atoms with Gasteiger partial charge in [-0.1, -0.05) is 6.42 Å². The number of pyridine rings is 1. The molecule has 1 aliphatic carbocycles. The molecule has 1 atom stereocenters. The fraction of sp³-hybridized carbons (Fsp3) is 0.500. The molecule has 0 amide bonds. The summed E-state index contributed by atoms with van der Waals surface area (Å²) in [6, 6.07) is 1.28. The number of nitrogens with zero attached hydrogens (tertiary/aromatic N) is 1. The average molecular weight is 238 g/mol. The summed E-state index contributed by atoms with van der Waals surface area (Å²) >= 11 is 0. The van der Waals surface area contributed by atoms with E-state index in [4.69, 9.17) is 5.11 Å². The van der Waals surface area contributed by atoms with Crippen molar-refractivity contribution in [2.24, 2.45) is 5.92 Å². The van der Waals surface area contributed by atoms with Crippen molar-refractivity contribution in [1.82, 2.24) is 4.98 Å². The molecule has 17 heavy (non-hydrogen) atoms. The van der Waals surface area contributed by atoms with Gasteiger partial charge in [0.2, 0.25) is 0 Å². The molecule has 1 aromatic heterocycles. The van der Waals surface area contributed by atoms with Gasteiger partial charge in [0.1, 0.15) is 5.56 Å². The minimum Gasteiger partial charge on any atom is -0.478 e. The lowest BCUT2D eigenvalue weighted by Crippen LogP contribution is -2.31. The largest absolute Gasteiger partial charge is 0.478 e. The van der Waals surface area contributed by atoms with E-state index >= 15 is 0 Å². The number of halogens is 1. The minimum absolute atomic E-state index is 0.0318. The molecule has 2 rings (SSSR count). The summed E-state index contributed by atoms with van der Waals surface area (Å²) in [6.45, 7) is 1.97. The maximum Gasteiger partial charge on any atom is 0.338 e. The highest BCUT2D eigenvalue weighted by Gasteiger charge is 2.25. The van der Waals surface area contributed by atoms with E-state index in [0.717, 1.165) is 18.9 Å². The number of anilines is 1. The quantitative estimate of drug-likeness (QED) is 0.846. The van der Waals surface area contributed by atoms with Crippen LogP contribution in [0.2, 0.25) is 0 Å². The molecule has 2 N–H and O–H groups in total. The Bertz CT molecular complexity index is 433. The third-order valence-electron chi connectivity index (χ3n) is 3.34. The van der Waals surface area contributed by atoms with Crippen LogP contribution in [0.25, 0.3) is 0 Å². The van der Waals surface area contributed by atoms with Crippen molar-refractivity contribution in [2.45, 2.75) is 32.2 Å². The predicted molar refractivity (Wildman–Crippen MR) is 61.6 cm³/mol. The number of aromatic carboxylic acids is 1. The van der Waals surface area contributed by atoms with Gasteiger partial charge in [-0.3, -0.25) is 0 Å². The topological polar surface area (TPSA) is 62.2 Å². The maximum atomic E-state index is 13.8. The Morgan fingerprint density at radius 3 is 2.88 bits per heavy atom. The van der Waals surface area contributed by atoms with Gasteiger partial charge < -0.3 is 10.4 Å². The zero-order valence-electron chi connectivity index (χ0n) is 9.61. The highest BCUT2D eigenvalue weighted by molar-refractivity contribution is 5.88. The molecule has 0 bridgehead atoms. The third kappa shape index (κ3) is 2.38. The van der Waals surface area contributed by atoms with Crippen LogP contribution in [0.1, 0.15) is 36.5 Å². The van der Waals surface area contributed by atoms with Crippen LogP contribution >= 0.6 is 0 Å². The zero-order valence-corrected chi connectivity index (χ0v) is 9.61. The van der Waals surface area contributed by atoms with Crippen LogP contribution < -0.4 is 5.32 Å². The molecule has 0 spiro atoms. The summed E-state index contributed by atoms with van der Waals surface area (Å²) in [7, 11) is 0. The fourth-order valence-corrected chi connectivity index (χ4v) is 1.98. The van der Waals surface area contributed by atoms with Gasteiger partial charge in [-0.15, -0.1) is 0 Å². The van der Waals surface area contributed by atoms with Gasteiger partial charge in [-0.25, -0.2) is 14.2 Å². The van der Waals surface area contributed by atoms with Crippen LogP contribution in [0.15, 0.2) is 12.3 Å². The highest BCUT2D eigenvalue weighted by atomic mass is 19.1. The van der Waals surface area contributed by atoms with Crippen molar-refractivity contribution >= 4 is 11.8 Å². The van der Waals surface area contributed by atoms with Crippen LogP contribution in [0, 0.1) is 11.7 Å². The molecule has 0 aliphatic heterocycles. The molecule has 1 heterocycles. The van der Waals surface area contributed by atoms with E-state index in [1.807, 2.05) is 6.92 Å². The van der Waals surface area contributed by atoms with Crippen molar-refractivity contribution in [3.8, 4) is 0 Å². The number of hydrogen-bond donors (Lipinski definition) is 2. The summed E-state index contributed by atoms with van der Waals surface area (Å²) in [6.07, 6.45) is 4.78. The molecule has 1 unspecified atom stereocenters. The van der Waals surface area contributed by atoms with Crippen LogP contribution in [0.4, 0.5) is 10.2 Å². The summed E-state index contributed by atoms with van der Waals surface area (Å²) < 4.78 is 13.8. The third-order valence-corrected chi connectivity index (χ3v) is 3.34. The second-order valence-corrected chi connectivity index (χ2v) is 4.45. The Labute approximate surface area is 98.9 Å². The molecule has 1 aliphatic rings.